The summed E-state index contributed by atoms with van der Waals surface area (Å²) < 4.78 is 0. The lowest BCUT2D eigenvalue weighted by Crippen LogP contribution is -2.47. The molecule has 0 saturated heterocycles. The van der Waals surface area contributed by atoms with E-state index in [1.807, 2.05) is 6.07 Å². The van der Waals surface area contributed by atoms with Gasteiger partial charge in [-0.25, -0.2) is 4.98 Å². The lowest BCUT2D eigenvalue weighted by molar-refractivity contribution is -0.124. The first kappa shape index (κ1) is 13.1. The summed E-state index contributed by atoms with van der Waals surface area (Å²) in [7, 11) is 0. The SMILES string of the molecule is Nc1ccc(NC(=O)CC23CC4CC(CC(C4)C2)C3)cn1. The molecule has 1 aromatic heterocycles. The molecule has 1 amide bonds. The number of carbonyl (C=O) groups is 1. The van der Waals surface area contributed by atoms with Crippen molar-refractivity contribution in [3.05, 3.63) is 18.3 Å². The number of hydrogen-bond acceptors (Lipinski definition) is 3. The van der Waals surface area contributed by atoms with Gasteiger partial charge in [-0.1, -0.05) is 0 Å². The van der Waals surface area contributed by atoms with Crippen LogP contribution in [-0.4, -0.2) is 10.9 Å². The quantitative estimate of drug-likeness (QED) is 0.896. The predicted molar refractivity (Wildman–Crippen MR) is 82.5 cm³/mol. The molecule has 1 aromatic rings. The van der Waals surface area contributed by atoms with Crippen LogP contribution in [0, 0.1) is 23.2 Å². The Balaban J connectivity index is 1.43. The number of aromatic nitrogens is 1. The van der Waals surface area contributed by atoms with Crippen molar-refractivity contribution < 1.29 is 4.79 Å². The monoisotopic (exact) mass is 285 g/mol. The maximum absolute atomic E-state index is 12.4. The molecule has 4 saturated carbocycles. The van der Waals surface area contributed by atoms with E-state index in [0.29, 0.717) is 17.7 Å². The Morgan fingerprint density at radius 3 is 2.33 bits per heavy atom. The maximum atomic E-state index is 12.4. The van der Waals surface area contributed by atoms with Gasteiger partial charge in [-0.3, -0.25) is 4.79 Å². The van der Waals surface area contributed by atoms with Crippen molar-refractivity contribution >= 4 is 17.4 Å². The summed E-state index contributed by atoms with van der Waals surface area (Å²) in [5.74, 6) is 3.30. The fourth-order valence-electron chi connectivity index (χ4n) is 5.53. The summed E-state index contributed by atoms with van der Waals surface area (Å²) in [5.41, 5.74) is 6.61. The first-order valence-electron chi connectivity index (χ1n) is 8.12. The second-order valence-corrected chi connectivity index (χ2v) is 7.61. The summed E-state index contributed by atoms with van der Waals surface area (Å²) in [6.07, 6.45) is 10.4. The minimum absolute atomic E-state index is 0.142. The number of nitrogens with zero attached hydrogens (tertiary/aromatic N) is 1. The van der Waals surface area contributed by atoms with Crippen molar-refractivity contribution in [1.82, 2.24) is 4.98 Å². The second-order valence-electron chi connectivity index (χ2n) is 7.61. The van der Waals surface area contributed by atoms with E-state index >= 15 is 0 Å². The Kier molecular flexibility index (Phi) is 2.95. The third kappa shape index (κ3) is 2.52. The summed E-state index contributed by atoms with van der Waals surface area (Å²) in [5, 5.41) is 2.99. The Morgan fingerprint density at radius 1 is 1.19 bits per heavy atom. The molecule has 0 atom stereocenters. The molecule has 21 heavy (non-hydrogen) atoms. The van der Waals surface area contributed by atoms with Gasteiger partial charge < -0.3 is 11.1 Å². The highest BCUT2D eigenvalue weighted by atomic mass is 16.1. The van der Waals surface area contributed by atoms with Gasteiger partial charge in [0.25, 0.3) is 0 Å². The number of rotatable bonds is 3. The van der Waals surface area contributed by atoms with Gasteiger partial charge in [0.1, 0.15) is 5.82 Å². The Hall–Kier alpha value is -1.58. The molecule has 5 rings (SSSR count). The van der Waals surface area contributed by atoms with Crippen LogP contribution in [0.25, 0.3) is 0 Å². The number of carbonyl (C=O) groups excluding carboxylic acids is 1. The maximum Gasteiger partial charge on any atom is 0.224 e. The van der Waals surface area contributed by atoms with Crippen molar-refractivity contribution in [2.24, 2.45) is 23.2 Å². The van der Waals surface area contributed by atoms with Gasteiger partial charge in [-0.15, -0.1) is 0 Å². The van der Waals surface area contributed by atoms with Gasteiger partial charge in [0.05, 0.1) is 11.9 Å². The number of nitrogens with one attached hydrogen (secondary N) is 1. The summed E-state index contributed by atoms with van der Waals surface area (Å²) in [6.45, 7) is 0. The molecule has 4 nitrogen and oxygen atoms in total. The van der Waals surface area contributed by atoms with Crippen LogP contribution in [0.4, 0.5) is 11.5 Å². The molecule has 0 unspecified atom stereocenters. The van der Waals surface area contributed by atoms with Crippen LogP contribution < -0.4 is 11.1 Å². The van der Waals surface area contributed by atoms with Crippen LogP contribution in [0.1, 0.15) is 44.9 Å². The van der Waals surface area contributed by atoms with E-state index in [4.69, 9.17) is 5.73 Å². The topological polar surface area (TPSA) is 68.0 Å². The molecular weight excluding hydrogens is 262 g/mol. The molecule has 4 bridgehead atoms. The van der Waals surface area contributed by atoms with E-state index in [2.05, 4.69) is 10.3 Å². The Labute approximate surface area is 125 Å². The lowest BCUT2D eigenvalue weighted by atomic mass is 9.49. The fraction of sp³-hybridized carbons (Fsp3) is 0.647. The second kappa shape index (κ2) is 4.72. The molecule has 112 valence electrons. The average Bonchev–Trinajstić information content (AvgIpc) is 2.39. The van der Waals surface area contributed by atoms with Gasteiger partial charge in [0.15, 0.2) is 0 Å². The van der Waals surface area contributed by atoms with E-state index in [9.17, 15) is 4.79 Å². The van der Waals surface area contributed by atoms with Crippen LogP contribution in [0.15, 0.2) is 18.3 Å². The number of hydrogen-bond donors (Lipinski definition) is 2. The third-order valence-corrected chi connectivity index (χ3v) is 5.77. The molecule has 0 radical (unpaired) electrons. The summed E-state index contributed by atoms with van der Waals surface area (Å²) in [4.78, 5) is 16.4. The predicted octanol–water partition coefficient (Wildman–Crippen LogP) is 3.21. The van der Waals surface area contributed by atoms with Crippen molar-refractivity contribution in [2.45, 2.75) is 44.9 Å². The molecule has 4 fully saturated rings. The van der Waals surface area contributed by atoms with Gasteiger partial charge in [0, 0.05) is 6.42 Å². The lowest BCUT2D eigenvalue weighted by Gasteiger charge is -2.56. The van der Waals surface area contributed by atoms with Crippen molar-refractivity contribution in [3.8, 4) is 0 Å². The highest BCUT2D eigenvalue weighted by Crippen LogP contribution is 2.61. The zero-order valence-electron chi connectivity index (χ0n) is 12.3. The fourth-order valence-corrected chi connectivity index (χ4v) is 5.53. The normalized spacial score (nSPS) is 36.7. The van der Waals surface area contributed by atoms with Crippen molar-refractivity contribution in [1.29, 1.82) is 0 Å². The third-order valence-electron chi connectivity index (χ3n) is 5.77. The van der Waals surface area contributed by atoms with Gasteiger partial charge >= 0.3 is 0 Å². The first-order valence-corrected chi connectivity index (χ1v) is 8.12. The Morgan fingerprint density at radius 2 is 1.81 bits per heavy atom. The van der Waals surface area contributed by atoms with E-state index in [1.54, 1.807) is 12.3 Å². The van der Waals surface area contributed by atoms with Crippen LogP contribution in [0.2, 0.25) is 0 Å². The zero-order chi connectivity index (χ0) is 14.4. The summed E-state index contributed by atoms with van der Waals surface area (Å²) >= 11 is 0. The standard InChI is InChI=1S/C17H23N3O/c18-15-2-1-14(10-19-15)20-16(21)9-17-6-11-3-12(7-17)5-13(4-11)8-17/h1-2,10-13H,3-9H2,(H2,18,19)(H,20,21). The van der Waals surface area contributed by atoms with E-state index in [1.165, 1.54) is 38.5 Å². The van der Waals surface area contributed by atoms with E-state index in [0.717, 1.165) is 23.4 Å². The highest BCUT2D eigenvalue weighted by Gasteiger charge is 2.51. The van der Waals surface area contributed by atoms with Crippen molar-refractivity contribution in [2.75, 3.05) is 11.1 Å². The van der Waals surface area contributed by atoms with Crippen LogP contribution in [0.3, 0.4) is 0 Å². The summed E-state index contributed by atoms with van der Waals surface area (Å²) in [6, 6.07) is 3.54. The zero-order valence-corrected chi connectivity index (χ0v) is 12.3. The molecule has 4 aliphatic rings. The molecule has 1 heterocycles. The number of nitrogens with two attached hydrogens (primary N) is 1. The van der Waals surface area contributed by atoms with E-state index < -0.39 is 0 Å². The first-order chi connectivity index (χ1) is 10.1. The number of nitrogen functional groups attached to an aromatic ring is 1. The molecule has 3 N–H and O–H groups in total. The Bertz CT molecular complexity index is 516. The number of amides is 1. The molecule has 0 spiro atoms. The smallest absolute Gasteiger partial charge is 0.224 e. The van der Waals surface area contributed by atoms with Crippen molar-refractivity contribution in [3.63, 3.8) is 0 Å². The molecule has 4 aliphatic carbocycles. The van der Waals surface area contributed by atoms with Crippen LogP contribution in [-0.2, 0) is 4.79 Å². The molecule has 0 aromatic carbocycles. The van der Waals surface area contributed by atoms with E-state index in [-0.39, 0.29) is 5.91 Å². The van der Waals surface area contributed by atoms with Gasteiger partial charge in [-0.05, 0) is 73.8 Å². The average molecular weight is 285 g/mol. The van der Waals surface area contributed by atoms with Crippen LogP contribution >= 0.6 is 0 Å². The number of pyridine rings is 1. The number of anilines is 2. The minimum atomic E-state index is 0.142. The highest BCUT2D eigenvalue weighted by molar-refractivity contribution is 5.91. The van der Waals surface area contributed by atoms with Crippen LogP contribution in [0.5, 0.6) is 0 Å². The van der Waals surface area contributed by atoms with Gasteiger partial charge in [-0.2, -0.15) is 0 Å². The largest absolute Gasteiger partial charge is 0.384 e. The molecular formula is C17H23N3O. The molecule has 0 aliphatic heterocycles. The minimum Gasteiger partial charge on any atom is -0.384 e. The molecule has 4 heteroatoms. The van der Waals surface area contributed by atoms with Gasteiger partial charge in [0.2, 0.25) is 5.91 Å².